The first-order valence-electron chi connectivity index (χ1n) is 6.49. The van der Waals surface area contributed by atoms with Gasteiger partial charge in [-0.15, -0.1) is 0 Å². The second-order valence-electron chi connectivity index (χ2n) is 4.79. The molecule has 7 nitrogen and oxygen atoms in total. The molecule has 0 spiro atoms. The summed E-state index contributed by atoms with van der Waals surface area (Å²) in [4.78, 5) is 4.12. The standard InChI is InChI=1S/C13H19N5O2S/c1-9-13(10(2)18(3)17-9)8-16-21(19,20)12-5-4-11(6-14)15-7-12/h4-5,7,16H,6,8,14H2,1-3H3. The molecule has 0 saturated carbocycles. The van der Waals surface area contributed by atoms with Gasteiger partial charge in [0.25, 0.3) is 0 Å². The zero-order valence-corrected chi connectivity index (χ0v) is 13.1. The second-order valence-corrected chi connectivity index (χ2v) is 6.55. The number of sulfonamides is 1. The fourth-order valence-electron chi connectivity index (χ4n) is 2.01. The van der Waals surface area contributed by atoms with Gasteiger partial charge in [0.05, 0.1) is 11.4 Å². The Hall–Kier alpha value is -1.77. The van der Waals surface area contributed by atoms with E-state index in [4.69, 9.17) is 5.73 Å². The fraction of sp³-hybridized carbons (Fsp3) is 0.385. The summed E-state index contributed by atoms with van der Waals surface area (Å²) in [6.07, 6.45) is 1.31. The summed E-state index contributed by atoms with van der Waals surface area (Å²) in [6, 6.07) is 3.11. The van der Waals surface area contributed by atoms with Crippen LogP contribution in [0.1, 0.15) is 22.6 Å². The highest BCUT2D eigenvalue weighted by Gasteiger charge is 2.17. The molecule has 0 fully saturated rings. The number of nitrogens with two attached hydrogens (primary N) is 1. The molecule has 0 bridgehead atoms. The highest BCUT2D eigenvalue weighted by molar-refractivity contribution is 7.89. The molecule has 0 saturated heterocycles. The van der Waals surface area contributed by atoms with Crippen LogP contribution in [0.25, 0.3) is 0 Å². The van der Waals surface area contributed by atoms with Gasteiger partial charge < -0.3 is 5.73 Å². The molecular formula is C13H19N5O2S. The normalized spacial score (nSPS) is 11.8. The topological polar surface area (TPSA) is 103 Å². The van der Waals surface area contributed by atoms with Gasteiger partial charge in [0, 0.05) is 37.6 Å². The summed E-state index contributed by atoms with van der Waals surface area (Å²) in [5.41, 5.74) is 8.72. The van der Waals surface area contributed by atoms with E-state index in [0.29, 0.717) is 5.69 Å². The molecular weight excluding hydrogens is 290 g/mol. The third-order valence-corrected chi connectivity index (χ3v) is 4.80. The van der Waals surface area contributed by atoms with Gasteiger partial charge in [-0.1, -0.05) is 0 Å². The van der Waals surface area contributed by atoms with E-state index in [2.05, 4.69) is 14.8 Å². The lowest BCUT2D eigenvalue weighted by atomic mass is 10.2. The maximum absolute atomic E-state index is 12.2. The minimum atomic E-state index is -3.60. The van der Waals surface area contributed by atoms with Gasteiger partial charge in [-0.05, 0) is 26.0 Å². The van der Waals surface area contributed by atoms with E-state index in [1.807, 2.05) is 20.9 Å². The summed E-state index contributed by atoms with van der Waals surface area (Å²) in [7, 11) is -1.77. The van der Waals surface area contributed by atoms with Gasteiger partial charge in [0.2, 0.25) is 10.0 Å². The van der Waals surface area contributed by atoms with Crippen LogP contribution in [0, 0.1) is 13.8 Å². The Bertz CT molecular complexity index is 735. The Labute approximate surface area is 124 Å². The number of hydrogen-bond donors (Lipinski definition) is 2. The van der Waals surface area contributed by atoms with E-state index < -0.39 is 10.0 Å². The third kappa shape index (κ3) is 3.29. The molecule has 0 aliphatic carbocycles. The predicted molar refractivity (Wildman–Crippen MR) is 78.8 cm³/mol. The van der Waals surface area contributed by atoms with Crippen molar-refractivity contribution >= 4 is 10.0 Å². The van der Waals surface area contributed by atoms with Crippen molar-refractivity contribution in [1.29, 1.82) is 0 Å². The summed E-state index contributed by atoms with van der Waals surface area (Å²) in [5, 5.41) is 4.26. The Kier molecular flexibility index (Phi) is 4.40. The van der Waals surface area contributed by atoms with Gasteiger partial charge in [0.15, 0.2) is 0 Å². The van der Waals surface area contributed by atoms with E-state index in [0.717, 1.165) is 17.0 Å². The number of aryl methyl sites for hydroxylation is 2. The molecule has 0 radical (unpaired) electrons. The lowest BCUT2D eigenvalue weighted by Crippen LogP contribution is -2.24. The molecule has 2 rings (SSSR count). The number of pyridine rings is 1. The second kappa shape index (κ2) is 5.92. The van der Waals surface area contributed by atoms with E-state index in [1.165, 1.54) is 12.3 Å². The predicted octanol–water partition coefficient (Wildman–Crippen LogP) is 0.369. The first-order valence-corrected chi connectivity index (χ1v) is 7.97. The first-order chi connectivity index (χ1) is 9.85. The maximum atomic E-state index is 12.2. The van der Waals surface area contributed by atoms with Crippen LogP contribution in [0.15, 0.2) is 23.2 Å². The van der Waals surface area contributed by atoms with Crippen molar-refractivity contribution in [2.45, 2.75) is 31.8 Å². The van der Waals surface area contributed by atoms with Crippen LogP contribution in [0.3, 0.4) is 0 Å². The SMILES string of the molecule is Cc1nn(C)c(C)c1CNS(=O)(=O)c1ccc(CN)nc1. The number of nitrogens with one attached hydrogen (secondary N) is 1. The summed E-state index contributed by atoms with van der Waals surface area (Å²) < 4.78 is 28.8. The van der Waals surface area contributed by atoms with Crippen LogP contribution in [0.2, 0.25) is 0 Å². The van der Waals surface area contributed by atoms with E-state index in [1.54, 1.807) is 10.7 Å². The van der Waals surface area contributed by atoms with Crippen LogP contribution in [-0.2, 0) is 30.2 Å². The van der Waals surface area contributed by atoms with Crippen LogP contribution < -0.4 is 10.5 Å². The number of hydrogen-bond acceptors (Lipinski definition) is 5. The molecule has 2 aromatic rings. The van der Waals surface area contributed by atoms with Crippen LogP contribution in [0.4, 0.5) is 0 Å². The van der Waals surface area contributed by atoms with Crippen molar-refractivity contribution in [2.24, 2.45) is 12.8 Å². The van der Waals surface area contributed by atoms with Crippen molar-refractivity contribution in [3.63, 3.8) is 0 Å². The van der Waals surface area contributed by atoms with Gasteiger partial charge in [0.1, 0.15) is 4.90 Å². The number of rotatable bonds is 5. The molecule has 0 aliphatic rings. The van der Waals surface area contributed by atoms with Crippen molar-refractivity contribution in [3.05, 3.63) is 41.0 Å². The smallest absolute Gasteiger partial charge is 0.242 e. The molecule has 8 heteroatoms. The molecule has 114 valence electrons. The van der Waals surface area contributed by atoms with E-state index >= 15 is 0 Å². The highest BCUT2D eigenvalue weighted by Crippen LogP contribution is 2.14. The summed E-state index contributed by atoms with van der Waals surface area (Å²) in [5.74, 6) is 0. The van der Waals surface area contributed by atoms with Gasteiger partial charge in [-0.3, -0.25) is 9.67 Å². The molecule has 2 heterocycles. The first kappa shape index (κ1) is 15.6. The largest absolute Gasteiger partial charge is 0.325 e. The summed E-state index contributed by atoms with van der Waals surface area (Å²) in [6.45, 7) is 4.24. The summed E-state index contributed by atoms with van der Waals surface area (Å²) >= 11 is 0. The Balaban J connectivity index is 2.17. The Morgan fingerprint density at radius 1 is 1.33 bits per heavy atom. The van der Waals surface area contributed by atoms with Crippen molar-refractivity contribution < 1.29 is 8.42 Å². The van der Waals surface area contributed by atoms with E-state index in [-0.39, 0.29) is 18.0 Å². The number of aromatic nitrogens is 3. The van der Waals surface area contributed by atoms with Crippen molar-refractivity contribution in [3.8, 4) is 0 Å². The zero-order chi connectivity index (χ0) is 15.6. The van der Waals surface area contributed by atoms with E-state index in [9.17, 15) is 8.42 Å². The van der Waals surface area contributed by atoms with Crippen molar-refractivity contribution in [2.75, 3.05) is 0 Å². The third-order valence-electron chi connectivity index (χ3n) is 3.41. The molecule has 21 heavy (non-hydrogen) atoms. The van der Waals surface area contributed by atoms with Gasteiger partial charge in [-0.25, -0.2) is 13.1 Å². The fourth-order valence-corrected chi connectivity index (χ4v) is 2.95. The maximum Gasteiger partial charge on any atom is 0.242 e. The average molecular weight is 309 g/mol. The van der Waals surface area contributed by atoms with Crippen molar-refractivity contribution in [1.82, 2.24) is 19.5 Å². The van der Waals surface area contributed by atoms with Crippen LogP contribution in [0.5, 0.6) is 0 Å². The molecule has 2 aromatic heterocycles. The zero-order valence-electron chi connectivity index (χ0n) is 12.3. The van der Waals surface area contributed by atoms with Crippen LogP contribution >= 0.6 is 0 Å². The van der Waals surface area contributed by atoms with Crippen LogP contribution in [-0.4, -0.2) is 23.2 Å². The lowest BCUT2D eigenvalue weighted by molar-refractivity contribution is 0.580. The Morgan fingerprint density at radius 2 is 2.05 bits per heavy atom. The minimum absolute atomic E-state index is 0.124. The molecule has 0 aromatic carbocycles. The van der Waals surface area contributed by atoms with Gasteiger partial charge >= 0.3 is 0 Å². The molecule has 0 atom stereocenters. The quantitative estimate of drug-likeness (QED) is 0.830. The highest BCUT2D eigenvalue weighted by atomic mass is 32.2. The number of nitrogens with zero attached hydrogens (tertiary/aromatic N) is 3. The molecule has 0 amide bonds. The molecule has 0 unspecified atom stereocenters. The Morgan fingerprint density at radius 3 is 2.52 bits per heavy atom. The van der Waals surface area contributed by atoms with Gasteiger partial charge in [-0.2, -0.15) is 5.10 Å². The molecule has 3 N–H and O–H groups in total. The minimum Gasteiger partial charge on any atom is -0.325 e. The molecule has 0 aliphatic heterocycles. The monoisotopic (exact) mass is 309 g/mol. The average Bonchev–Trinajstić information content (AvgIpc) is 2.70. The lowest BCUT2D eigenvalue weighted by Gasteiger charge is -2.07.